The Bertz CT molecular complexity index is 86.1. The Balaban J connectivity index is 3.46. The van der Waals surface area contributed by atoms with Crippen LogP contribution in [0.2, 0.25) is 0 Å². The number of carbonyl (C=O) groups excluding carboxylic acids is 1. The van der Waals surface area contributed by atoms with Crippen molar-refractivity contribution >= 4 is 29.5 Å². The summed E-state index contributed by atoms with van der Waals surface area (Å²) in [5, 5.41) is 0. The highest BCUT2D eigenvalue weighted by molar-refractivity contribution is 8.13. The second kappa shape index (κ2) is 4.23. The molecule has 8 heavy (non-hydrogen) atoms. The minimum atomic E-state index is -0.395. The van der Waals surface area contributed by atoms with Gasteiger partial charge in [-0.2, -0.15) is 12.6 Å². The van der Waals surface area contributed by atoms with Crippen molar-refractivity contribution in [3.63, 3.8) is 0 Å². The molecule has 0 aliphatic carbocycles. The molecule has 0 aliphatic rings. The quantitative estimate of drug-likeness (QED) is 0.551. The predicted molar refractivity (Wildman–Crippen MR) is 40.4 cm³/mol. The van der Waals surface area contributed by atoms with Crippen molar-refractivity contribution < 1.29 is 4.79 Å². The van der Waals surface area contributed by atoms with E-state index in [0.29, 0.717) is 5.75 Å². The molecule has 0 saturated carbocycles. The van der Waals surface area contributed by atoms with Crippen LogP contribution in [0.25, 0.3) is 0 Å². The van der Waals surface area contributed by atoms with Gasteiger partial charge in [-0.3, -0.25) is 4.79 Å². The highest BCUT2D eigenvalue weighted by Crippen LogP contribution is 1.98. The van der Waals surface area contributed by atoms with Gasteiger partial charge < -0.3 is 5.73 Å². The fourth-order valence-electron chi connectivity index (χ4n) is 0.226. The molecule has 2 N–H and O–H groups in total. The van der Waals surface area contributed by atoms with Crippen molar-refractivity contribution in [2.24, 2.45) is 5.73 Å². The number of nitrogens with two attached hydrogens (primary N) is 1. The van der Waals surface area contributed by atoms with E-state index < -0.39 is 6.04 Å². The van der Waals surface area contributed by atoms with Crippen LogP contribution in [0.1, 0.15) is 0 Å². The molecule has 0 fully saturated rings. The third-order valence-corrected chi connectivity index (χ3v) is 1.80. The summed E-state index contributed by atoms with van der Waals surface area (Å²) in [5.41, 5.74) is 5.28. The summed E-state index contributed by atoms with van der Waals surface area (Å²) in [5.74, 6) is 0.430. The van der Waals surface area contributed by atoms with Crippen molar-refractivity contribution in [2.75, 3.05) is 12.0 Å². The van der Waals surface area contributed by atoms with Gasteiger partial charge in [0.15, 0.2) is 0 Å². The van der Waals surface area contributed by atoms with Gasteiger partial charge in [0.25, 0.3) is 0 Å². The molecule has 4 heteroatoms. The largest absolute Gasteiger partial charge is 0.320 e. The van der Waals surface area contributed by atoms with E-state index in [4.69, 9.17) is 5.73 Å². The van der Waals surface area contributed by atoms with E-state index in [1.807, 2.05) is 0 Å². The molecule has 0 amide bonds. The number of carbonyl (C=O) groups is 1. The fraction of sp³-hybridized carbons (Fsp3) is 0.750. The molecule has 0 aliphatic heterocycles. The Morgan fingerprint density at radius 3 is 2.62 bits per heavy atom. The Morgan fingerprint density at radius 1 is 2.00 bits per heavy atom. The van der Waals surface area contributed by atoms with Crippen molar-refractivity contribution in [3.8, 4) is 0 Å². The molecular weight excluding hydrogens is 142 g/mol. The maximum Gasteiger partial charge on any atom is 0.206 e. The third-order valence-electron chi connectivity index (χ3n) is 0.701. The summed E-state index contributed by atoms with van der Waals surface area (Å²) in [4.78, 5) is 10.5. The fourth-order valence-corrected chi connectivity index (χ4v) is 0.901. The molecule has 1 atom stereocenters. The van der Waals surface area contributed by atoms with Gasteiger partial charge >= 0.3 is 0 Å². The molecule has 0 spiro atoms. The van der Waals surface area contributed by atoms with Gasteiger partial charge in [0.05, 0.1) is 6.04 Å². The van der Waals surface area contributed by atoms with Crippen molar-refractivity contribution in [2.45, 2.75) is 6.04 Å². The van der Waals surface area contributed by atoms with Crippen molar-refractivity contribution in [1.82, 2.24) is 0 Å². The van der Waals surface area contributed by atoms with Gasteiger partial charge in [-0.25, -0.2) is 0 Å². The summed E-state index contributed by atoms with van der Waals surface area (Å²) in [6.45, 7) is 0. The van der Waals surface area contributed by atoms with Gasteiger partial charge in [-0.1, -0.05) is 11.8 Å². The number of thioether (sulfide) groups is 1. The number of rotatable bonds is 2. The topological polar surface area (TPSA) is 43.1 Å². The summed E-state index contributed by atoms with van der Waals surface area (Å²) in [6, 6.07) is -0.395. The zero-order valence-corrected chi connectivity index (χ0v) is 6.34. The number of hydrogen-bond acceptors (Lipinski definition) is 4. The molecule has 0 aromatic heterocycles. The van der Waals surface area contributed by atoms with Crippen LogP contribution in [0.3, 0.4) is 0 Å². The lowest BCUT2D eigenvalue weighted by Crippen LogP contribution is -2.29. The average molecular weight is 151 g/mol. The maximum atomic E-state index is 10.5. The van der Waals surface area contributed by atoms with Crippen molar-refractivity contribution in [1.29, 1.82) is 0 Å². The van der Waals surface area contributed by atoms with E-state index in [0.717, 1.165) is 11.8 Å². The first-order valence-electron chi connectivity index (χ1n) is 2.16. The van der Waals surface area contributed by atoms with E-state index in [-0.39, 0.29) is 5.12 Å². The van der Waals surface area contributed by atoms with Gasteiger partial charge in [-0.15, -0.1) is 0 Å². The predicted octanol–water partition coefficient (Wildman–Crippen LogP) is 0.133. The first-order chi connectivity index (χ1) is 3.72. The van der Waals surface area contributed by atoms with Crippen LogP contribution < -0.4 is 5.73 Å². The lowest BCUT2D eigenvalue weighted by molar-refractivity contribution is -0.111. The second-order valence-corrected chi connectivity index (χ2v) is 2.49. The molecule has 1 unspecified atom stereocenters. The molecular formula is C4H9NOS2. The van der Waals surface area contributed by atoms with E-state index in [9.17, 15) is 4.79 Å². The van der Waals surface area contributed by atoms with Crippen LogP contribution in [-0.2, 0) is 4.79 Å². The Kier molecular flexibility index (Phi) is 4.41. The van der Waals surface area contributed by atoms with Gasteiger partial charge in [-0.05, 0) is 6.26 Å². The summed E-state index contributed by atoms with van der Waals surface area (Å²) in [6.07, 6.45) is 1.71. The molecule has 0 radical (unpaired) electrons. The monoisotopic (exact) mass is 151 g/mol. The molecule has 0 heterocycles. The van der Waals surface area contributed by atoms with Crippen LogP contribution in [0.15, 0.2) is 0 Å². The van der Waals surface area contributed by atoms with Crippen LogP contribution in [0.4, 0.5) is 0 Å². The molecule has 0 rings (SSSR count). The zero-order valence-electron chi connectivity index (χ0n) is 4.63. The molecule has 2 nitrogen and oxygen atoms in total. The lowest BCUT2D eigenvalue weighted by atomic mass is 10.4. The summed E-state index contributed by atoms with van der Waals surface area (Å²) in [7, 11) is 0. The molecule has 0 saturated heterocycles. The van der Waals surface area contributed by atoms with E-state index in [1.165, 1.54) is 0 Å². The average Bonchev–Trinajstić information content (AvgIpc) is 1.84. The molecule has 48 valence electrons. The van der Waals surface area contributed by atoms with Crippen molar-refractivity contribution in [3.05, 3.63) is 0 Å². The van der Waals surface area contributed by atoms with Crippen LogP contribution >= 0.6 is 24.4 Å². The number of hydrogen-bond donors (Lipinski definition) is 2. The Labute approximate surface area is 58.6 Å². The minimum absolute atomic E-state index is 0. The second-order valence-electron chi connectivity index (χ2n) is 1.31. The standard InChI is InChI=1S/C4H9NOS2/c1-8-4(6)3(5)2-7/h3,7H,2,5H2,1H3. The van der Waals surface area contributed by atoms with E-state index >= 15 is 0 Å². The molecule has 0 aromatic carbocycles. The van der Waals surface area contributed by atoms with E-state index in [1.54, 1.807) is 6.26 Å². The molecule has 0 aromatic rings. The lowest BCUT2D eigenvalue weighted by Gasteiger charge is -2.01. The van der Waals surface area contributed by atoms with Crippen LogP contribution in [0, 0.1) is 0 Å². The smallest absolute Gasteiger partial charge is 0.206 e. The number of thiol groups is 1. The van der Waals surface area contributed by atoms with Crippen LogP contribution in [0.5, 0.6) is 0 Å². The first-order valence-corrected chi connectivity index (χ1v) is 4.02. The van der Waals surface area contributed by atoms with Crippen LogP contribution in [-0.4, -0.2) is 23.2 Å². The summed E-state index contributed by atoms with van der Waals surface area (Å²) >= 11 is 4.99. The van der Waals surface area contributed by atoms with Gasteiger partial charge in [0.1, 0.15) is 0 Å². The van der Waals surface area contributed by atoms with Gasteiger partial charge in [0, 0.05) is 5.75 Å². The van der Waals surface area contributed by atoms with E-state index in [2.05, 4.69) is 12.6 Å². The SMILES string of the molecule is CSC(=O)C(N)CS. The Morgan fingerprint density at radius 2 is 2.50 bits per heavy atom. The highest BCUT2D eigenvalue weighted by atomic mass is 32.2. The first kappa shape index (κ1) is 8.33. The minimum Gasteiger partial charge on any atom is -0.320 e. The Hall–Kier alpha value is 0.330. The third kappa shape index (κ3) is 2.59. The van der Waals surface area contributed by atoms with Gasteiger partial charge in [0.2, 0.25) is 5.12 Å². The molecule has 0 bridgehead atoms. The zero-order chi connectivity index (χ0) is 6.57. The summed E-state index contributed by atoms with van der Waals surface area (Å²) < 4.78 is 0. The normalized spacial score (nSPS) is 13.4. The highest BCUT2D eigenvalue weighted by Gasteiger charge is 2.07. The maximum absolute atomic E-state index is 10.5.